The Hall–Kier alpha value is -2.55. The lowest BCUT2D eigenvalue weighted by Gasteiger charge is -2.05. The number of benzene rings is 2. The quantitative estimate of drug-likeness (QED) is 0.747. The lowest BCUT2D eigenvalue weighted by molar-refractivity contribution is -0.110. The summed E-state index contributed by atoms with van der Waals surface area (Å²) in [7, 11) is 0. The molecule has 0 aliphatic carbocycles. The molecule has 0 aromatic heterocycles. The molecule has 3 heteroatoms. The number of fused-ring (bicyclic) bond motifs is 1. The fourth-order valence-electron chi connectivity index (χ4n) is 2.15. The predicted molar refractivity (Wildman–Crippen MR) is 72.5 cm³/mol. The highest BCUT2D eigenvalue weighted by molar-refractivity contribution is 6.36. The molecule has 0 radical (unpaired) electrons. The van der Waals surface area contributed by atoms with Gasteiger partial charge in [0.2, 0.25) is 0 Å². The van der Waals surface area contributed by atoms with Crippen LogP contribution in [-0.4, -0.2) is 5.91 Å². The zero-order valence-corrected chi connectivity index (χ0v) is 9.68. The van der Waals surface area contributed by atoms with Gasteiger partial charge in [-0.05, 0) is 11.6 Å². The monoisotopic (exact) mass is 236 g/mol. The van der Waals surface area contributed by atoms with Crippen LogP contribution in [0.5, 0.6) is 0 Å². The summed E-state index contributed by atoms with van der Waals surface area (Å²) in [6, 6.07) is 17.1. The van der Waals surface area contributed by atoms with Crippen LogP contribution in [-0.2, 0) is 4.79 Å². The first kappa shape index (κ1) is 10.6. The average Bonchev–Trinajstić information content (AvgIpc) is 2.75. The minimum atomic E-state index is -0.141. The van der Waals surface area contributed by atoms with Gasteiger partial charge < -0.3 is 11.1 Å². The van der Waals surface area contributed by atoms with Crippen molar-refractivity contribution in [1.82, 2.24) is 0 Å². The Morgan fingerprint density at radius 2 is 1.61 bits per heavy atom. The number of rotatable bonds is 1. The Labute approximate surface area is 105 Å². The fourth-order valence-corrected chi connectivity index (χ4v) is 2.15. The van der Waals surface area contributed by atoms with Crippen molar-refractivity contribution in [2.75, 3.05) is 5.32 Å². The van der Waals surface area contributed by atoms with Gasteiger partial charge in [0.25, 0.3) is 5.91 Å². The fraction of sp³-hybridized carbons (Fsp3) is 0. The minimum absolute atomic E-state index is 0.141. The van der Waals surface area contributed by atoms with Crippen molar-refractivity contribution >= 4 is 22.9 Å². The standard InChI is InChI=1S/C15H12N2O/c16-14(10-6-2-1-3-7-10)13-11-8-4-5-9-12(11)17-15(13)18/h1-9H,16H2,(H,17,18)/b14-13+. The van der Waals surface area contributed by atoms with Crippen molar-refractivity contribution in [1.29, 1.82) is 0 Å². The molecule has 3 N–H and O–H groups in total. The third-order valence-electron chi connectivity index (χ3n) is 3.03. The first-order valence-corrected chi connectivity index (χ1v) is 5.73. The van der Waals surface area contributed by atoms with E-state index in [0.29, 0.717) is 11.3 Å². The van der Waals surface area contributed by atoms with Gasteiger partial charge in [0.1, 0.15) is 0 Å². The van der Waals surface area contributed by atoms with Gasteiger partial charge in [0.15, 0.2) is 0 Å². The van der Waals surface area contributed by atoms with E-state index in [2.05, 4.69) is 5.32 Å². The second-order valence-electron chi connectivity index (χ2n) is 4.15. The van der Waals surface area contributed by atoms with Crippen LogP contribution >= 0.6 is 0 Å². The third kappa shape index (κ3) is 1.57. The van der Waals surface area contributed by atoms with Gasteiger partial charge in [-0.15, -0.1) is 0 Å². The maximum absolute atomic E-state index is 12.0. The summed E-state index contributed by atoms with van der Waals surface area (Å²) in [4.78, 5) is 12.0. The summed E-state index contributed by atoms with van der Waals surface area (Å²) in [5.74, 6) is -0.141. The van der Waals surface area contributed by atoms with E-state index in [0.717, 1.165) is 16.8 Å². The molecule has 1 aliphatic heterocycles. The van der Waals surface area contributed by atoms with Crippen molar-refractivity contribution in [2.45, 2.75) is 0 Å². The normalized spacial score (nSPS) is 16.1. The van der Waals surface area contributed by atoms with Gasteiger partial charge in [0.05, 0.1) is 11.3 Å². The van der Waals surface area contributed by atoms with Gasteiger partial charge in [-0.3, -0.25) is 4.79 Å². The van der Waals surface area contributed by atoms with Crippen molar-refractivity contribution in [3.05, 3.63) is 65.7 Å². The van der Waals surface area contributed by atoms with Crippen LogP contribution in [0, 0.1) is 0 Å². The van der Waals surface area contributed by atoms with E-state index in [-0.39, 0.29) is 5.91 Å². The SMILES string of the molecule is N/C(=C1/C(=O)Nc2ccccc21)c1ccccc1. The van der Waals surface area contributed by atoms with E-state index in [1.54, 1.807) is 0 Å². The molecule has 0 bridgehead atoms. The molecule has 3 nitrogen and oxygen atoms in total. The van der Waals surface area contributed by atoms with Crippen LogP contribution in [0.4, 0.5) is 5.69 Å². The highest BCUT2D eigenvalue weighted by Crippen LogP contribution is 2.34. The molecule has 0 saturated carbocycles. The molecule has 18 heavy (non-hydrogen) atoms. The van der Waals surface area contributed by atoms with Crippen molar-refractivity contribution in [3.63, 3.8) is 0 Å². The van der Waals surface area contributed by atoms with Gasteiger partial charge in [-0.25, -0.2) is 0 Å². The Morgan fingerprint density at radius 3 is 2.39 bits per heavy atom. The molecule has 1 heterocycles. The zero-order valence-electron chi connectivity index (χ0n) is 9.68. The maximum Gasteiger partial charge on any atom is 0.258 e. The highest BCUT2D eigenvalue weighted by atomic mass is 16.2. The molecule has 88 valence electrons. The summed E-state index contributed by atoms with van der Waals surface area (Å²) in [5, 5.41) is 2.82. The molecule has 0 saturated heterocycles. The van der Waals surface area contributed by atoms with Crippen molar-refractivity contribution in [3.8, 4) is 0 Å². The van der Waals surface area contributed by atoms with Gasteiger partial charge >= 0.3 is 0 Å². The Bertz CT molecular complexity index is 645. The average molecular weight is 236 g/mol. The summed E-state index contributed by atoms with van der Waals surface area (Å²) in [5.41, 5.74) is 9.73. The topological polar surface area (TPSA) is 55.1 Å². The predicted octanol–water partition coefficient (Wildman–Crippen LogP) is 2.47. The van der Waals surface area contributed by atoms with Crippen LogP contribution in [0.15, 0.2) is 54.6 Å². The number of hydrogen-bond acceptors (Lipinski definition) is 2. The molecule has 1 aliphatic rings. The number of nitrogens with two attached hydrogens (primary N) is 1. The van der Waals surface area contributed by atoms with E-state index in [1.807, 2.05) is 54.6 Å². The van der Waals surface area contributed by atoms with Crippen LogP contribution < -0.4 is 11.1 Å². The smallest absolute Gasteiger partial charge is 0.258 e. The maximum atomic E-state index is 12.0. The second kappa shape index (κ2) is 4.04. The molecule has 1 amide bonds. The largest absolute Gasteiger partial charge is 0.398 e. The number of anilines is 1. The van der Waals surface area contributed by atoms with E-state index in [1.165, 1.54) is 0 Å². The molecule has 0 spiro atoms. The Morgan fingerprint density at radius 1 is 0.944 bits per heavy atom. The number of nitrogens with one attached hydrogen (secondary N) is 1. The molecule has 2 aromatic rings. The van der Waals surface area contributed by atoms with Crippen molar-refractivity contribution in [2.24, 2.45) is 5.73 Å². The van der Waals surface area contributed by atoms with Crippen LogP contribution in [0.3, 0.4) is 0 Å². The first-order chi connectivity index (χ1) is 8.77. The minimum Gasteiger partial charge on any atom is -0.398 e. The number of para-hydroxylation sites is 1. The number of carbonyl (C=O) groups is 1. The summed E-state index contributed by atoms with van der Waals surface area (Å²) < 4.78 is 0. The van der Waals surface area contributed by atoms with Crippen LogP contribution in [0.1, 0.15) is 11.1 Å². The summed E-state index contributed by atoms with van der Waals surface area (Å²) in [6.45, 7) is 0. The zero-order chi connectivity index (χ0) is 12.5. The molecule has 0 unspecified atom stereocenters. The lowest BCUT2D eigenvalue weighted by atomic mass is 10.0. The second-order valence-corrected chi connectivity index (χ2v) is 4.15. The van der Waals surface area contributed by atoms with E-state index in [9.17, 15) is 4.79 Å². The molecule has 3 rings (SSSR count). The van der Waals surface area contributed by atoms with E-state index in [4.69, 9.17) is 5.73 Å². The highest BCUT2D eigenvalue weighted by Gasteiger charge is 2.26. The van der Waals surface area contributed by atoms with Crippen LogP contribution in [0.2, 0.25) is 0 Å². The Kier molecular flexibility index (Phi) is 2.38. The van der Waals surface area contributed by atoms with Gasteiger partial charge in [-0.2, -0.15) is 0 Å². The molecule has 2 aromatic carbocycles. The van der Waals surface area contributed by atoms with Crippen LogP contribution in [0.25, 0.3) is 11.3 Å². The third-order valence-corrected chi connectivity index (χ3v) is 3.03. The number of amides is 1. The molecule has 0 atom stereocenters. The number of hydrogen-bond donors (Lipinski definition) is 2. The lowest BCUT2D eigenvalue weighted by Crippen LogP contribution is -2.09. The number of carbonyl (C=O) groups excluding carboxylic acids is 1. The summed E-state index contributed by atoms with van der Waals surface area (Å²) in [6.07, 6.45) is 0. The van der Waals surface area contributed by atoms with Crippen molar-refractivity contribution < 1.29 is 4.79 Å². The van der Waals surface area contributed by atoms with Gasteiger partial charge in [-0.1, -0.05) is 48.5 Å². The summed E-state index contributed by atoms with van der Waals surface area (Å²) >= 11 is 0. The first-order valence-electron chi connectivity index (χ1n) is 5.73. The van der Waals surface area contributed by atoms with E-state index >= 15 is 0 Å². The molecular weight excluding hydrogens is 224 g/mol. The molecule has 0 fully saturated rings. The van der Waals surface area contributed by atoms with E-state index < -0.39 is 0 Å². The van der Waals surface area contributed by atoms with Gasteiger partial charge in [0, 0.05) is 11.3 Å². The molecular formula is C15H12N2O. The Balaban J connectivity index is 2.20.